The van der Waals surface area contributed by atoms with Crippen LogP contribution in [0, 0.1) is 6.92 Å². The average molecular weight is 343 g/mol. The maximum absolute atomic E-state index is 12.4. The molecule has 23 heavy (non-hydrogen) atoms. The van der Waals surface area contributed by atoms with E-state index in [0.29, 0.717) is 22.3 Å². The van der Waals surface area contributed by atoms with E-state index in [4.69, 9.17) is 0 Å². The fourth-order valence-corrected chi connectivity index (χ4v) is 3.70. The Hall–Kier alpha value is -2.05. The molecule has 0 aliphatic rings. The second-order valence-electron chi connectivity index (χ2n) is 5.49. The molecule has 0 spiro atoms. The molecule has 1 amide bonds. The largest absolute Gasteiger partial charge is 0.298 e. The third-order valence-corrected chi connectivity index (χ3v) is 5.11. The lowest BCUT2D eigenvalue weighted by atomic mass is 10.1. The highest BCUT2D eigenvalue weighted by Crippen LogP contribution is 2.25. The van der Waals surface area contributed by atoms with Crippen molar-refractivity contribution >= 4 is 33.7 Å². The van der Waals surface area contributed by atoms with Crippen molar-refractivity contribution in [1.29, 1.82) is 0 Å². The lowest BCUT2D eigenvalue weighted by Gasteiger charge is -2.06. The van der Waals surface area contributed by atoms with Crippen LogP contribution in [0.4, 0.5) is 5.13 Å². The summed E-state index contributed by atoms with van der Waals surface area (Å²) < 4.78 is 0. The third-order valence-electron chi connectivity index (χ3n) is 3.44. The van der Waals surface area contributed by atoms with Crippen molar-refractivity contribution in [2.45, 2.75) is 26.7 Å². The number of amides is 1. The smallest absolute Gasteiger partial charge is 0.259 e. The Balaban J connectivity index is 1.79. The second-order valence-corrected chi connectivity index (χ2v) is 7.30. The Bertz CT molecular complexity index is 822. The topological polar surface area (TPSA) is 54.9 Å². The van der Waals surface area contributed by atoms with E-state index in [1.165, 1.54) is 11.3 Å². The van der Waals surface area contributed by atoms with Crippen LogP contribution in [0.1, 0.15) is 41.5 Å². The third kappa shape index (κ3) is 3.48. The minimum Gasteiger partial charge on any atom is -0.298 e. The van der Waals surface area contributed by atoms with Gasteiger partial charge < -0.3 is 0 Å². The Kier molecular flexibility index (Phi) is 4.54. The molecule has 0 aliphatic carbocycles. The van der Waals surface area contributed by atoms with Crippen LogP contribution in [-0.2, 0) is 0 Å². The predicted molar refractivity (Wildman–Crippen MR) is 96.4 cm³/mol. The molecule has 0 saturated heterocycles. The van der Waals surface area contributed by atoms with Crippen LogP contribution in [0.2, 0.25) is 0 Å². The quantitative estimate of drug-likeness (QED) is 0.729. The molecule has 0 saturated carbocycles. The lowest BCUT2D eigenvalue weighted by molar-refractivity contribution is 0.102. The van der Waals surface area contributed by atoms with E-state index < -0.39 is 0 Å². The summed E-state index contributed by atoms with van der Waals surface area (Å²) in [6, 6.07) is 7.72. The van der Waals surface area contributed by atoms with E-state index in [0.717, 1.165) is 16.3 Å². The summed E-state index contributed by atoms with van der Waals surface area (Å²) in [5.74, 6) is 0.183. The van der Waals surface area contributed by atoms with Crippen molar-refractivity contribution in [3.05, 3.63) is 52.0 Å². The van der Waals surface area contributed by atoms with Crippen LogP contribution in [0.3, 0.4) is 0 Å². The summed E-state index contributed by atoms with van der Waals surface area (Å²) in [5.41, 5.74) is 3.18. The summed E-state index contributed by atoms with van der Waals surface area (Å²) in [6.45, 7) is 6.02. The Morgan fingerprint density at radius 2 is 2.00 bits per heavy atom. The van der Waals surface area contributed by atoms with E-state index >= 15 is 0 Å². The number of hydrogen-bond acceptors (Lipinski definition) is 5. The summed E-state index contributed by atoms with van der Waals surface area (Å²) in [7, 11) is 0. The highest BCUT2D eigenvalue weighted by molar-refractivity contribution is 7.14. The number of thiophene rings is 1. The summed E-state index contributed by atoms with van der Waals surface area (Å²) >= 11 is 3.08. The van der Waals surface area contributed by atoms with Crippen molar-refractivity contribution in [2.24, 2.45) is 0 Å². The molecule has 0 aromatic carbocycles. The molecule has 3 aromatic rings. The van der Waals surface area contributed by atoms with Crippen LogP contribution in [0.25, 0.3) is 10.6 Å². The van der Waals surface area contributed by atoms with Crippen molar-refractivity contribution in [3.63, 3.8) is 0 Å². The van der Waals surface area contributed by atoms with Gasteiger partial charge in [0.2, 0.25) is 0 Å². The minimum absolute atomic E-state index is 0.169. The molecular formula is C17H17N3OS2. The number of anilines is 1. The molecule has 3 aromatic heterocycles. The number of pyridine rings is 1. The van der Waals surface area contributed by atoms with Gasteiger partial charge >= 0.3 is 0 Å². The maximum Gasteiger partial charge on any atom is 0.259 e. The Morgan fingerprint density at radius 1 is 1.17 bits per heavy atom. The van der Waals surface area contributed by atoms with Crippen molar-refractivity contribution in [1.82, 2.24) is 9.97 Å². The van der Waals surface area contributed by atoms with Gasteiger partial charge in [0.05, 0.1) is 27.5 Å². The number of hydrogen-bond donors (Lipinski definition) is 1. The second kappa shape index (κ2) is 6.60. The number of aromatic nitrogens is 2. The molecule has 0 atom stereocenters. The normalized spacial score (nSPS) is 11.0. The first-order chi connectivity index (χ1) is 11.0. The number of carbonyl (C=O) groups is 1. The van der Waals surface area contributed by atoms with E-state index in [1.807, 2.05) is 41.9 Å². The molecule has 118 valence electrons. The first kappa shape index (κ1) is 15.8. The van der Waals surface area contributed by atoms with Crippen molar-refractivity contribution < 1.29 is 4.79 Å². The van der Waals surface area contributed by atoms with Gasteiger partial charge in [0.15, 0.2) is 5.13 Å². The number of nitrogens with one attached hydrogen (secondary N) is 1. The number of aryl methyl sites for hydroxylation is 1. The van der Waals surface area contributed by atoms with Gasteiger partial charge in [0.25, 0.3) is 5.91 Å². The molecule has 0 bridgehead atoms. The van der Waals surface area contributed by atoms with E-state index in [1.54, 1.807) is 11.3 Å². The number of rotatable bonds is 4. The summed E-state index contributed by atoms with van der Waals surface area (Å²) in [6.07, 6.45) is 0. The van der Waals surface area contributed by atoms with Crippen LogP contribution < -0.4 is 5.32 Å². The number of thiazole rings is 1. The number of nitrogens with zero attached hydrogens (tertiary/aromatic N) is 2. The molecule has 0 radical (unpaired) electrons. The highest BCUT2D eigenvalue weighted by atomic mass is 32.1. The van der Waals surface area contributed by atoms with E-state index in [9.17, 15) is 4.79 Å². The van der Waals surface area contributed by atoms with Crippen molar-refractivity contribution in [3.8, 4) is 10.6 Å². The first-order valence-corrected chi connectivity index (χ1v) is 9.09. The maximum atomic E-state index is 12.4. The van der Waals surface area contributed by atoms with Crippen LogP contribution in [0.15, 0.2) is 35.0 Å². The molecule has 0 unspecified atom stereocenters. The van der Waals surface area contributed by atoms with E-state index in [2.05, 4.69) is 29.1 Å². The van der Waals surface area contributed by atoms with Gasteiger partial charge in [-0.2, -0.15) is 0 Å². The molecule has 3 rings (SSSR count). The van der Waals surface area contributed by atoms with E-state index in [-0.39, 0.29) is 5.91 Å². The molecular weight excluding hydrogens is 326 g/mol. The van der Waals surface area contributed by atoms with Crippen LogP contribution in [0.5, 0.6) is 0 Å². The summed E-state index contributed by atoms with van der Waals surface area (Å²) in [4.78, 5) is 22.5. The minimum atomic E-state index is -0.169. The molecule has 6 heteroatoms. The van der Waals surface area contributed by atoms with Gasteiger partial charge in [-0.25, -0.2) is 4.98 Å². The van der Waals surface area contributed by atoms with Crippen molar-refractivity contribution in [2.75, 3.05) is 5.32 Å². The van der Waals surface area contributed by atoms with Gasteiger partial charge in [-0.3, -0.25) is 15.1 Å². The zero-order chi connectivity index (χ0) is 16.4. The fraction of sp³-hybridized carbons (Fsp3) is 0.235. The molecule has 0 fully saturated rings. The van der Waals surface area contributed by atoms with Gasteiger partial charge in [-0.05, 0) is 36.4 Å². The predicted octanol–water partition coefficient (Wildman–Crippen LogP) is 4.95. The van der Waals surface area contributed by atoms with Gasteiger partial charge in [-0.1, -0.05) is 19.9 Å². The standard InChI is InChI=1S/C17H17N3OS2/c1-10(2)14-9-23-17(19-14)20-16(21)12-6-7-13(18-11(12)3)15-5-4-8-22-15/h4-10H,1-3H3,(H,19,20,21). The zero-order valence-corrected chi connectivity index (χ0v) is 14.8. The van der Waals surface area contributed by atoms with Gasteiger partial charge in [0, 0.05) is 5.38 Å². The van der Waals surface area contributed by atoms with Gasteiger partial charge in [-0.15, -0.1) is 22.7 Å². The molecule has 1 N–H and O–H groups in total. The summed E-state index contributed by atoms with van der Waals surface area (Å²) in [5, 5.41) is 7.48. The SMILES string of the molecule is Cc1nc(-c2cccs2)ccc1C(=O)Nc1nc(C(C)C)cs1. The zero-order valence-electron chi connectivity index (χ0n) is 13.2. The van der Waals surface area contributed by atoms with Gasteiger partial charge in [0.1, 0.15) is 0 Å². The fourth-order valence-electron chi connectivity index (χ4n) is 2.14. The molecule has 0 aliphatic heterocycles. The molecule has 4 nitrogen and oxygen atoms in total. The lowest BCUT2D eigenvalue weighted by Crippen LogP contribution is -2.14. The number of carbonyl (C=O) groups excluding carboxylic acids is 1. The van der Waals surface area contributed by atoms with Crippen LogP contribution >= 0.6 is 22.7 Å². The first-order valence-electron chi connectivity index (χ1n) is 7.33. The van der Waals surface area contributed by atoms with Crippen LogP contribution in [-0.4, -0.2) is 15.9 Å². The highest BCUT2D eigenvalue weighted by Gasteiger charge is 2.14. The monoisotopic (exact) mass is 343 g/mol. The average Bonchev–Trinajstić information content (AvgIpc) is 3.18. The Morgan fingerprint density at radius 3 is 2.61 bits per heavy atom. The Labute approximate surface area is 143 Å². The molecule has 3 heterocycles.